The van der Waals surface area contributed by atoms with Crippen molar-refractivity contribution in [3.63, 3.8) is 0 Å². The molecule has 8 heteroatoms. The van der Waals surface area contributed by atoms with E-state index in [2.05, 4.69) is 20.5 Å². The maximum Gasteiger partial charge on any atom is 0.260 e. The third-order valence-corrected chi connectivity index (χ3v) is 5.08. The van der Waals surface area contributed by atoms with E-state index in [1.54, 1.807) is 29.2 Å². The predicted molar refractivity (Wildman–Crippen MR) is 110 cm³/mol. The van der Waals surface area contributed by atoms with Crippen LogP contribution in [0.25, 0.3) is 0 Å². The zero-order chi connectivity index (χ0) is 20.9. The highest BCUT2D eigenvalue weighted by Crippen LogP contribution is 2.26. The van der Waals surface area contributed by atoms with E-state index in [1.807, 2.05) is 43.3 Å². The number of H-pyrrole nitrogens is 1. The molecule has 1 fully saturated rings. The van der Waals surface area contributed by atoms with E-state index < -0.39 is 0 Å². The SMILES string of the molecule is Cc1nc(C2CN(C(=O)COc3ccccc3)CC2NC(=O)c2ccccc2)n[nH]1. The summed E-state index contributed by atoms with van der Waals surface area (Å²) in [6.45, 7) is 2.53. The number of aromatic amines is 1. The van der Waals surface area contributed by atoms with Gasteiger partial charge >= 0.3 is 0 Å². The van der Waals surface area contributed by atoms with Gasteiger partial charge < -0.3 is 15.0 Å². The number of rotatable bonds is 6. The van der Waals surface area contributed by atoms with E-state index in [9.17, 15) is 9.59 Å². The van der Waals surface area contributed by atoms with E-state index in [0.29, 0.717) is 36.1 Å². The van der Waals surface area contributed by atoms with E-state index in [0.717, 1.165) is 0 Å². The number of amides is 2. The average molecular weight is 405 g/mol. The number of hydrogen-bond acceptors (Lipinski definition) is 5. The quantitative estimate of drug-likeness (QED) is 0.653. The Morgan fingerprint density at radius 1 is 1.10 bits per heavy atom. The van der Waals surface area contributed by atoms with E-state index in [4.69, 9.17) is 4.74 Å². The highest BCUT2D eigenvalue weighted by Gasteiger charge is 2.39. The molecule has 30 heavy (non-hydrogen) atoms. The normalized spacial score (nSPS) is 18.2. The fraction of sp³-hybridized carbons (Fsp3) is 0.273. The summed E-state index contributed by atoms with van der Waals surface area (Å²) in [6, 6.07) is 17.9. The van der Waals surface area contributed by atoms with Gasteiger partial charge in [-0.2, -0.15) is 5.10 Å². The minimum absolute atomic E-state index is 0.0664. The number of hydrogen-bond donors (Lipinski definition) is 2. The van der Waals surface area contributed by atoms with Gasteiger partial charge in [0.2, 0.25) is 0 Å². The topological polar surface area (TPSA) is 100 Å². The number of benzene rings is 2. The predicted octanol–water partition coefficient (Wildman–Crippen LogP) is 1.92. The summed E-state index contributed by atoms with van der Waals surface area (Å²) < 4.78 is 5.59. The van der Waals surface area contributed by atoms with Crippen LogP contribution >= 0.6 is 0 Å². The second-order valence-electron chi connectivity index (χ2n) is 7.23. The molecule has 0 radical (unpaired) electrons. The molecule has 2 atom stereocenters. The van der Waals surface area contributed by atoms with Gasteiger partial charge in [-0.25, -0.2) is 4.98 Å². The molecule has 2 aromatic carbocycles. The Bertz CT molecular complexity index is 1010. The van der Waals surface area contributed by atoms with Crippen LogP contribution in [0.4, 0.5) is 0 Å². The van der Waals surface area contributed by atoms with Crippen molar-refractivity contribution in [1.82, 2.24) is 25.4 Å². The maximum atomic E-state index is 12.7. The highest BCUT2D eigenvalue weighted by molar-refractivity contribution is 5.94. The van der Waals surface area contributed by atoms with Crippen LogP contribution in [0.1, 0.15) is 27.9 Å². The Kier molecular flexibility index (Phi) is 5.74. The van der Waals surface area contributed by atoms with Crippen LogP contribution < -0.4 is 10.1 Å². The monoisotopic (exact) mass is 405 g/mol. The Labute approximate surface area is 174 Å². The first-order valence-electron chi connectivity index (χ1n) is 9.80. The average Bonchev–Trinajstić information content (AvgIpc) is 3.39. The first-order chi connectivity index (χ1) is 14.6. The van der Waals surface area contributed by atoms with Gasteiger partial charge in [0, 0.05) is 18.7 Å². The summed E-state index contributed by atoms with van der Waals surface area (Å²) >= 11 is 0. The molecule has 1 aliphatic rings. The summed E-state index contributed by atoms with van der Waals surface area (Å²) in [6.07, 6.45) is 0. The van der Waals surface area contributed by atoms with Crippen molar-refractivity contribution in [2.24, 2.45) is 0 Å². The standard InChI is InChI=1S/C22H23N5O3/c1-15-23-21(26-25-15)18-12-27(20(28)14-30-17-10-6-3-7-11-17)13-19(18)24-22(29)16-8-4-2-5-9-16/h2-11,18-19H,12-14H2,1H3,(H,24,29)(H,23,25,26). The largest absolute Gasteiger partial charge is 0.484 e. The van der Waals surface area contributed by atoms with Crippen molar-refractivity contribution in [3.05, 3.63) is 77.9 Å². The number of ether oxygens (including phenoxy) is 1. The lowest BCUT2D eigenvalue weighted by Gasteiger charge is -2.18. The molecule has 1 saturated heterocycles. The van der Waals surface area contributed by atoms with Gasteiger partial charge in [-0.15, -0.1) is 0 Å². The van der Waals surface area contributed by atoms with Gasteiger partial charge in [-0.1, -0.05) is 36.4 Å². The first kappa shape index (κ1) is 19.6. The fourth-order valence-electron chi connectivity index (χ4n) is 3.54. The molecular weight excluding hydrogens is 382 g/mol. The van der Waals surface area contributed by atoms with E-state index in [1.165, 1.54) is 0 Å². The molecular formula is C22H23N5O3. The molecule has 2 heterocycles. The second-order valence-corrected chi connectivity index (χ2v) is 7.23. The molecule has 4 rings (SSSR count). The molecule has 2 amide bonds. The molecule has 1 aliphatic heterocycles. The van der Waals surface area contributed by atoms with Crippen LogP contribution in [0, 0.1) is 6.92 Å². The Balaban J connectivity index is 1.46. The zero-order valence-electron chi connectivity index (χ0n) is 16.6. The molecule has 3 aromatic rings. The van der Waals surface area contributed by atoms with Crippen molar-refractivity contribution in [2.45, 2.75) is 18.9 Å². The molecule has 8 nitrogen and oxygen atoms in total. The van der Waals surface area contributed by atoms with Crippen LogP contribution in [0.3, 0.4) is 0 Å². The maximum absolute atomic E-state index is 12.7. The summed E-state index contributed by atoms with van der Waals surface area (Å²) in [5, 5.41) is 10.1. The van der Waals surface area contributed by atoms with Gasteiger partial charge in [0.25, 0.3) is 11.8 Å². The minimum Gasteiger partial charge on any atom is -0.484 e. The molecule has 2 N–H and O–H groups in total. The van der Waals surface area contributed by atoms with Crippen LogP contribution in [-0.4, -0.2) is 57.6 Å². The highest BCUT2D eigenvalue weighted by atomic mass is 16.5. The molecule has 2 unspecified atom stereocenters. The van der Waals surface area contributed by atoms with Gasteiger partial charge in [-0.3, -0.25) is 14.7 Å². The van der Waals surface area contributed by atoms with Gasteiger partial charge in [0.15, 0.2) is 12.4 Å². The Hall–Kier alpha value is -3.68. The lowest BCUT2D eigenvalue weighted by atomic mass is 10.0. The lowest BCUT2D eigenvalue weighted by Crippen LogP contribution is -2.41. The number of likely N-dealkylation sites (tertiary alicyclic amines) is 1. The fourth-order valence-corrected chi connectivity index (χ4v) is 3.54. The van der Waals surface area contributed by atoms with Crippen molar-refractivity contribution >= 4 is 11.8 Å². The molecule has 0 saturated carbocycles. The van der Waals surface area contributed by atoms with Gasteiger partial charge in [-0.05, 0) is 31.2 Å². The molecule has 0 aliphatic carbocycles. The number of carbonyl (C=O) groups is 2. The number of para-hydroxylation sites is 1. The zero-order valence-corrected chi connectivity index (χ0v) is 16.6. The van der Waals surface area contributed by atoms with Crippen LogP contribution in [0.5, 0.6) is 5.75 Å². The number of nitrogens with zero attached hydrogens (tertiary/aromatic N) is 3. The summed E-state index contributed by atoms with van der Waals surface area (Å²) in [5.41, 5.74) is 0.569. The van der Waals surface area contributed by atoms with Crippen molar-refractivity contribution in [3.8, 4) is 5.75 Å². The number of nitrogens with one attached hydrogen (secondary N) is 2. The minimum atomic E-state index is -0.298. The molecule has 0 bridgehead atoms. The van der Waals surface area contributed by atoms with Crippen molar-refractivity contribution in [1.29, 1.82) is 0 Å². The molecule has 154 valence electrons. The summed E-state index contributed by atoms with van der Waals surface area (Å²) in [4.78, 5) is 31.5. The van der Waals surface area contributed by atoms with Crippen molar-refractivity contribution < 1.29 is 14.3 Å². The molecule has 0 spiro atoms. The first-order valence-corrected chi connectivity index (χ1v) is 9.80. The van der Waals surface area contributed by atoms with E-state index in [-0.39, 0.29) is 30.4 Å². The number of aryl methyl sites for hydroxylation is 1. The number of carbonyl (C=O) groups excluding carboxylic acids is 2. The van der Waals surface area contributed by atoms with Gasteiger partial charge in [0.1, 0.15) is 11.6 Å². The van der Waals surface area contributed by atoms with Crippen LogP contribution in [0.15, 0.2) is 60.7 Å². The Morgan fingerprint density at radius 2 is 1.80 bits per heavy atom. The third kappa shape index (κ3) is 4.48. The summed E-state index contributed by atoms with van der Waals surface area (Å²) in [7, 11) is 0. The van der Waals surface area contributed by atoms with Gasteiger partial charge in [0.05, 0.1) is 12.0 Å². The van der Waals surface area contributed by atoms with Crippen LogP contribution in [-0.2, 0) is 4.79 Å². The second kappa shape index (κ2) is 8.77. The molecule has 1 aromatic heterocycles. The third-order valence-electron chi connectivity index (χ3n) is 5.08. The summed E-state index contributed by atoms with van der Waals surface area (Å²) in [5.74, 6) is 1.38. The smallest absolute Gasteiger partial charge is 0.260 e. The van der Waals surface area contributed by atoms with Crippen LogP contribution in [0.2, 0.25) is 0 Å². The lowest BCUT2D eigenvalue weighted by molar-refractivity contribution is -0.132. The van der Waals surface area contributed by atoms with Crippen molar-refractivity contribution in [2.75, 3.05) is 19.7 Å². The Morgan fingerprint density at radius 3 is 2.47 bits per heavy atom. The number of aromatic nitrogens is 3. The van der Waals surface area contributed by atoms with E-state index >= 15 is 0 Å².